The second-order valence-corrected chi connectivity index (χ2v) is 16.1. The monoisotopic (exact) mass is 824 g/mol. The lowest BCUT2D eigenvalue weighted by Crippen LogP contribution is -2.41. The van der Waals surface area contributed by atoms with E-state index >= 15 is 13.2 Å². The Bertz CT molecular complexity index is 2720. The van der Waals surface area contributed by atoms with Gasteiger partial charge in [-0.3, -0.25) is 24.1 Å². The zero-order chi connectivity index (χ0) is 40.3. The van der Waals surface area contributed by atoms with Gasteiger partial charge in [0.25, 0.3) is 23.6 Å². The molecule has 0 fully saturated rings. The molecule has 2 aliphatic heterocycles. The summed E-state index contributed by atoms with van der Waals surface area (Å²) in [4.78, 5) is 55.1. The molecule has 0 bridgehead atoms. The van der Waals surface area contributed by atoms with Gasteiger partial charge >= 0.3 is 6.18 Å². The van der Waals surface area contributed by atoms with Crippen LogP contribution in [0.2, 0.25) is 0 Å². The highest BCUT2D eigenvalue weighted by Gasteiger charge is 2.55. The van der Waals surface area contributed by atoms with Crippen molar-refractivity contribution in [3.63, 3.8) is 0 Å². The van der Waals surface area contributed by atoms with Crippen molar-refractivity contribution in [2.75, 3.05) is 11.9 Å². The first kappa shape index (κ1) is 36.5. The summed E-state index contributed by atoms with van der Waals surface area (Å²) >= 11 is 3.70. The lowest BCUT2D eigenvalue weighted by molar-refractivity contribution is -0.173. The topological polar surface area (TPSA) is 74.8 Å². The Morgan fingerprint density at radius 1 is 0.526 bits per heavy atom. The van der Waals surface area contributed by atoms with Crippen LogP contribution in [-0.4, -0.2) is 41.8 Å². The van der Waals surface area contributed by atoms with Crippen LogP contribution in [-0.2, 0) is 10.8 Å². The summed E-state index contributed by atoms with van der Waals surface area (Å²) in [5, 5.41) is 0. The fourth-order valence-corrected chi connectivity index (χ4v) is 9.18. The molecular formula is C47H32BrF3N2O4. The number of hydrogen-bond donors (Lipinski definition) is 0. The van der Waals surface area contributed by atoms with Crippen molar-refractivity contribution in [2.24, 2.45) is 0 Å². The Morgan fingerprint density at radius 3 is 1.58 bits per heavy atom. The molecule has 282 valence electrons. The highest BCUT2D eigenvalue weighted by Crippen LogP contribution is 2.57. The molecule has 2 atom stereocenters. The molecule has 10 heteroatoms. The zero-order valence-electron chi connectivity index (χ0n) is 31.1. The smallest absolute Gasteiger partial charge is 0.277 e. The van der Waals surface area contributed by atoms with Gasteiger partial charge in [-0.05, 0) is 114 Å². The number of fused-ring (bicyclic) bond motifs is 5. The SMILES string of the molecule is Cc1ccc(C2(c3ccc(N4C(=O)c5ccc(C(C)(c6ccc7c(c6)C(=O)N(C)C7=O)C(F)(F)F)cc5C4=O)cc3)c3cc(C)ccc3-c3ccc(Br)cc32)cc1. The average molecular weight is 826 g/mol. The highest BCUT2D eigenvalue weighted by molar-refractivity contribution is 9.10. The summed E-state index contributed by atoms with van der Waals surface area (Å²) in [6, 6.07) is 35.4. The Labute approximate surface area is 334 Å². The first-order valence-electron chi connectivity index (χ1n) is 18.2. The van der Waals surface area contributed by atoms with Gasteiger partial charge in [-0.15, -0.1) is 0 Å². The molecule has 0 spiro atoms. The first-order valence-corrected chi connectivity index (χ1v) is 19.0. The number of benzene rings is 6. The third-order valence-electron chi connectivity index (χ3n) is 12.0. The molecule has 1 aliphatic carbocycles. The molecule has 0 saturated carbocycles. The second kappa shape index (κ2) is 12.4. The van der Waals surface area contributed by atoms with Crippen LogP contribution in [0.1, 0.15) is 92.9 Å². The van der Waals surface area contributed by atoms with E-state index in [2.05, 4.69) is 77.5 Å². The van der Waals surface area contributed by atoms with Crippen LogP contribution in [0.25, 0.3) is 11.1 Å². The largest absolute Gasteiger partial charge is 0.402 e. The van der Waals surface area contributed by atoms with Gasteiger partial charge in [0.2, 0.25) is 0 Å². The third kappa shape index (κ3) is 5.02. The maximum atomic E-state index is 15.2. The van der Waals surface area contributed by atoms with Crippen LogP contribution in [0.15, 0.2) is 126 Å². The van der Waals surface area contributed by atoms with E-state index in [0.29, 0.717) is 0 Å². The van der Waals surface area contributed by atoms with Crippen molar-refractivity contribution in [1.82, 2.24) is 4.90 Å². The summed E-state index contributed by atoms with van der Waals surface area (Å²) in [5.74, 6) is -2.71. The molecule has 6 aromatic rings. The Balaban J connectivity index is 1.13. The van der Waals surface area contributed by atoms with Crippen LogP contribution >= 0.6 is 15.9 Å². The fraction of sp³-hybridized carbons (Fsp3) is 0.149. The number of carbonyl (C=O) groups is 4. The minimum absolute atomic E-state index is 0.0151. The van der Waals surface area contributed by atoms with Gasteiger partial charge < -0.3 is 0 Å². The number of alkyl halides is 3. The normalized spacial score (nSPS) is 18.1. The Kier molecular flexibility index (Phi) is 7.96. The summed E-state index contributed by atoms with van der Waals surface area (Å²) in [6.45, 7) is 5.05. The number of imide groups is 2. The van der Waals surface area contributed by atoms with E-state index < -0.39 is 40.6 Å². The molecule has 0 radical (unpaired) electrons. The van der Waals surface area contributed by atoms with Crippen molar-refractivity contribution >= 4 is 45.2 Å². The zero-order valence-corrected chi connectivity index (χ0v) is 32.7. The lowest BCUT2D eigenvalue weighted by atomic mass is 9.67. The molecule has 2 heterocycles. The average Bonchev–Trinajstić information content (AvgIpc) is 3.71. The predicted octanol–water partition coefficient (Wildman–Crippen LogP) is 10.3. The number of nitrogens with zero attached hydrogens (tertiary/aromatic N) is 2. The van der Waals surface area contributed by atoms with E-state index in [4.69, 9.17) is 0 Å². The van der Waals surface area contributed by atoms with Crippen LogP contribution in [0, 0.1) is 13.8 Å². The second-order valence-electron chi connectivity index (χ2n) is 15.2. The molecule has 57 heavy (non-hydrogen) atoms. The molecule has 0 saturated heterocycles. The van der Waals surface area contributed by atoms with E-state index in [0.717, 1.165) is 77.8 Å². The minimum Gasteiger partial charge on any atom is -0.277 e. The number of halogens is 4. The standard InChI is InChI=1S/C47H32BrF3N2O4/c1-25-5-8-27(9-6-25)46(39-21-26(2)7-17-33(39)34-20-14-31(48)24-40(34)46)28-10-15-32(16-11-28)53-43(56)36-19-13-30(23-38(36)44(53)57)45(3,47(49,50)51)29-12-18-35-37(22-29)42(55)52(4)41(35)54/h5-24H,1-4H3. The number of hydrogen-bond acceptors (Lipinski definition) is 4. The van der Waals surface area contributed by atoms with Gasteiger partial charge in [0.15, 0.2) is 0 Å². The maximum absolute atomic E-state index is 15.2. The van der Waals surface area contributed by atoms with Gasteiger partial charge in [0.1, 0.15) is 5.41 Å². The third-order valence-corrected chi connectivity index (χ3v) is 12.5. The molecule has 0 aromatic heterocycles. The van der Waals surface area contributed by atoms with Crippen molar-refractivity contribution in [2.45, 2.75) is 37.8 Å². The van der Waals surface area contributed by atoms with Gasteiger partial charge in [0, 0.05) is 11.5 Å². The maximum Gasteiger partial charge on any atom is 0.402 e. The van der Waals surface area contributed by atoms with Gasteiger partial charge in [-0.25, -0.2) is 4.90 Å². The van der Waals surface area contributed by atoms with Crippen LogP contribution in [0.5, 0.6) is 0 Å². The Hall–Kier alpha value is -6.13. The molecule has 2 unspecified atom stereocenters. The van der Waals surface area contributed by atoms with E-state index in [-0.39, 0.29) is 39.1 Å². The predicted molar refractivity (Wildman–Crippen MR) is 214 cm³/mol. The van der Waals surface area contributed by atoms with Crippen LogP contribution in [0.3, 0.4) is 0 Å². The van der Waals surface area contributed by atoms with E-state index in [1.165, 1.54) is 31.3 Å². The number of anilines is 1. The summed E-state index contributed by atoms with van der Waals surface area (Å²) in [6.07, 6.45) is -4.90. The molecule has 0 N–H and O–H groups in total. The molecule has 3 aliphatic rings. The number of amides is 4. The lowest BCUT2D eigenvalue weighted by Gasteiger charge is -2.34. The van der Waals surface area contributed by atoms with Gasteiger partial charge in [-0.2, -0.15) is 13.2 Å². The van der Waals surface area contributed by atoms with Crippen molar-refractivity contribution in [1.29, 1.82) is 0 Å². The number of aryl methyl sites for hydroxylation is 2. The quantitative estimate of drug-likeness (QED) is 0.162. The summed E-state index contributed by atoms with van der Waals surface area (Å²) in [5.41, 5.74) is 4.43. The number of carbonyl (C=O) groups excluding carboxylic acids is 4. The molecule has 6 aromatic carbocycles. The van der Waals surface area contributed by atoms with Gasteiger partial charge in [0.05, 0.1) is 33.4 Å². The number of rotatable bonds is 5. The van der Waals surface area contributed by atoms with E-state index in [1.807, 2.05) is 25.1 Å². The molecule has 6 nitrogen and oxygen atoms in total. The van der Waals surface area contributed by atoms with E-state index in [1.54, 1.807) is 12.1 Å². The van der Waals surface area contributed by atoms with Crippen LogP contribution in [0.4, 0.5) is 18.9 Å². The first-order chi connectivity index (χ1) is 27.1. The van der Waals surface area contributed by atoms with E-state index in [9.17, 15) is 19.2 Å². The van der Waals surface area contributed by atoms with Crippen LogP contribution < -0.4 is 4.90 Å². The van der Waals surface area contributed by atoms with Crippen molar-refractivity contribution in [3.05, 3.63) is 193 Å². The Morgan fingerprint density at radius 2 is 0.982 bits per heavy atom. The molecule has 9 rings (SSSR count). The summed E-state index contributed by atoms with van der Waals surface area (Å²) < 4.78 is 46.5. The highest BCUT2D eigenvalue weighted by atomic mass is 79.9. The molecular weight excluding hydrogens is 793 g/mol. The van der Waals surface area contributed by atoms with Crippen molar-refractivity contribution < 1.29 is 32.3 Å². The van der Waals surface area contributed by atoms with Gasteiger partial charge in [-0.1, -0.05) is 99.9 Å². The molecule has 4 amide bonds. The van der Waals surface area contributed by atoms with Crippen molar-refractivity contribution in [3.8, 4) is 11.1 Å². The minimum atomic E-state index is -4.90. The summed E-state index contributed by atoms with van der Waals surface area (Å²) in [7, 11) is 1.27. The fourth-order valence-electron chi connectivity index (χ4n) is 8.82.